The normalized spacial score (nSPS) is 16.9. The summed E-state index contributed by atoms with van der Waals surface area (Å²) < 4.78 is 16.2. The quantitative estimate of drug-likeness (QED) is 0.281. The van der Waals surface area contributed by atoms with Crippen LogP contribution < -0.4 is 10.6 Å². The van der Waals surface area contributed by atoms with E-state index < -0.39 is 5.82 Å². The number of amides is 1. The number of benzene rings is 2. The first kappa shape index (κ1) is 25.4. The molecule has 5 rings (SSSR count). The lowest BCUT2D eigenvalue weighted by Crippen LogP contribution is -2.33. The first-order chi connectivity index (χ1) is 18.3. The van der Waals surface area contributed by atoms with Crippen LogP contribution in [0.25, 0.3) is 5.69 Å². The molecule has 1 aliphatic heterocycles. The summed E-state index contributed by atoms with van der Waals surface area (Å²) in [4.78, 5) is 19.4. The van der Waals surface area contributed by atoms with Crippen LogP contribution >= 0.6 is 12.2 Å². The lowest BCUT2D eigenvalue weighted by Gasteiger charge is -2.28. The van der Waals surface area contributed by atoms with E-state index in [0.717, 1.165) is 28.3 Å². The Hall–Kier alpha value is -4.24. The molecule has 1 fully saturated rings. The summed E-state index contributed by atoms with van der Waals surface area (Å²) in [6, 6.07) is 20.6. The number of nitrogens with zero attached hydrogens (tertiary/aromatic N) is 3. The average Bonchev–Trinajstić information content (AvgIpc) is 3.39. The fraction of sp³-hybridized carbons (Fsp3) is 0.207. The highest BCUT2D eigenvalue weighted by atomic mass is 32.1. The number of hydrogen-bond acceptors (Lipinski definition) is 4. The molecule has 1 saturated heterocycles. The van der Waals surface area contributed by atoms with E-state index in [9.17, 15) is 14.3 Å². The molecule has 0 bridgehead atoms. The molecular formula is C29H28FN5O2S. The summed E-state index contributed by atoms with van der Waals surface area (Å²) in [7, 11) is 0. The summed E-state index contributed by atoms with van der Waals surface area (Å²) in [6.07, 6.45) is 1.87. The molecule has 0 unspecified atom stereocenters. The Morgan fingerprint density at radius 3 is 2.55 bits per heavy atom. The van der Waals surface area contributed by atoms with Gasteiger partial charge in [0.05, 0.1) is 23.5 Å². The number of para-hydroxylation sites is 1. The van der Waals surface area contributed by atoms with Gasteiger partial charge in [-0.25, -0.2) is 4.39 Å². The Bertz CT molecular complexity index is 1470. The van der Waals surface area contributed by atoms with Crippen molar-refractivity contribution in [2.45, 2.75) is 32.4 Å². The zero-order chi connectivity index (χ0) is 26.8. The number of carbonyl (C=O) groups excluding carboxylic acids is 1. The molecule has 9 heteroatoms. The van der Waals surface area contributed by atoms with Crippen molar-refractivity contribution < 1.29 is 14.3 Å². The molecule has 2 aromatic heterocycles. The van der Waals surface area contributed by atoms with Gasteiger partial charge in [0.15, 0.2) is 5.11 Å². The van der Waals surface area contributed by atoms with E-state index in [0.29, 0.717) is 11.7 Å². The van der Waals surface area contributed by atoms with Gasteiger partial charge in [0.1, 0.15) is 11.6 Å². The Labute approximate surface area is 225 Å². The topological polar surface area (TPSA) is 82.4 Å². The third-order valence-corrected chi connectivity index (χ3v) is 7.17. The van der Waals surface area contributed by atoms with Gasteiger partial charge in [-0.05, 0) is 86.2 Å². The van der Waals surface area contributed by atoms with Crippen molar-refractivity contribution in [3.05, 3.63) is 107 Å². The number of aryl methyl sites for hydroxylation is 1. The number of aromatic hydroxyl groups is 1. The van der Waals surface area contributed by atoms with Gasteiger partial charge in [-0.15, -0.1) is 0 Å². The van der Waals surface area contributed by atoms with Gasteiger partial charge in [0.2, 0.25) is 5.91 Å². The van der Waals surface area contributed by atoms with Gasteiger partial charge in [-0.1, -0.05) is 18.2 Å². The third kappa shape index (κ3) is 4.97. The van der Waals surface area contributed by atoms with Crippen molar-refractivity contribution in [2.75, 3.05) is 11.9 Å². The first-order valence-electron chi connectivity index (χ1n) is 12.3. The second kappa shape index (κ2) is 10.6. The lowest BCUT2D eigenvalue weighted by atomic mass is 9.96. The number of pyridine rings is 1. The Morgan fingerprint density at radius 1 is 1.11 bits per heavy atom. The van der Waals surface area contributed by atoms with Gasteiger partial charge in [-0.3, -0.25) is 9.78 Å². The Kier molecular flexibility index (Phi) is 7.11. The van der Waals surface area contributed by atoms with Crippen LogP contribution in [-0.4, -0.2) is 37.1 Å². The Morgan fingerprint density at radius 2 is 1.84 bits per heavy atom. The van der Waals surface area contributed by atoms with E-state index in [4.69, 9.17) is 12.2 Å². The molecule has 194 valence electrons. The number of aromatic nitrogens is 2. The number of phenolic OH excluding ortho intramolecular Hbond substituents is 1. The molecule has 0 radical (unpaired) electrons. The minimum atomic E-state index is -0.478. The number of nitrogens with one attached hydrogen (secondary N) is 2. The molecule has 3 N–H and O–H groups in total. The highest BCUT2D eigenvalue weighted by Gasteiger charge is 2.41. The predicted octanol–water partition coefficient (Wildman–Crippen LogP) is 5.34. The largest absolute Gasteiger partial charge is 0.508 e. The average molecular weight is 530 g/mol. The standard InChI is InChI=1S/C29H28FN5O2S/c1-18-17-22(19(2)35(18)20-10-12-21(36)13-11-20)28-27(25-9-5-6-15-31-25)33-29(38)34(28)16-14-26(37)32-24-8-4-3-7-23(24)30/h3-13,15,17,27-28,36H,14,16H2,1-2H3,(H,32,37)(H,33,38)/t27-,28-/m0/s1. The van der Waals surface area contributed by atoms with E-state index in [1.807, 2.05) is 42.2 Å². The number of hydrogen-bond donors (Lipinski definition) is 3. The van der Waals surface area contributed by atoms with Crippen molar-refractivity contribution in [2.24, 2.45) is 0 Å². The zero-order valence-electron chi connectivity index (χ0n) is 21.1. The monoisotopic (exact) mass is 529 g/mol. The number of thiocarbonyl (C=S) groups is 1. The molecule has 2 aromatic carbocycles. The van der Waals surface area contributed by atoms with Crippen LogP contribution in [0.4, 0.5) is 10.1 Å². The fourth-order valence-electron chi connectivity index (χ4n) is 5.07. The van der Waals surface area contributed by atoms with Gasteiger partial charge >= 0.3 is 0 Å². The summed E-state index contributed by atoms with van der Waals surface area (Å²) in [5, 5.41) is 16.4. The number of rotatable bonds is 7. The molecule has 0 aliphatic carbocycles. The van der Waals surface area contributed by atoms with E-state index in [1.54, 1.807) is 30.5 Å². The third-order valence-electron chi connectivity index (χ3n) is 6.82. The number of anilines is 1. The maximum atomic E-state index is 14.0. The van der Waals surface area contributed by atoms with Gasteiger partial charge < -0.3 is 25.2 Å². The van der Waals surface area contributed by atoms with Gasteiger partial charge in [0.25, 0.3) is 0 Å². The first-order valence-corrected chi connectivity index (χ1v) is 12.7. The van der Waals surface area contributed by atoms with Crippen molar-refractivity contribution in [3.63, 3.8) is 0 Å². The molecule has 0 saturated carbocycles. The highest BCUT2D eigenvalue weighted by Crippen LogP contribution is 2.41. The molecule has 2 atom stereocenters. The molecule has 3 heterocycles. The summed E-state index contributed by atoms with van der Waals surface area (Å²) >= 11 is 5.75. The van der Waals surface area contributed by atoms with E-state index in [1.165, 1.54) is 12.1 Å². The summed E-state index contributed by atoms with van der Waals surface area (Å²) in [5.74, 6) is -0.571. The van der Waals surface area contributed by atoms with Crippen molar-refractivity contribution in [3.8, 4) is 11.4 Å². The smallest absolute Gasteiger partial charge is 0.226 e. The molecule has 1 aliphatic rings. The van der Waals surface area contributed by atoms with Crippen LogP contribution in [0.3, 0.4) is 0 Å². The Balaban J connectivity index is 1.47. The van der Waals surface area contributed by atoms with E-state index in [2.05, 4.69) is 33.2 Å². The van der Waals surface area contributed by atoms with Crippen LogP contribution in [0, 0.1) is 19.7 Å². The molecular weight excluding hydrogens is 501 g/mol. The maximum Gasteiger partial charge on any atom is 0.226 e. The molecule has 1 amide bonds. The zero-order valence-corrected chi connectivity index (χ0v) is 21.9. The van der Waals surface area contributed by atoms with Crippen LogP contribution in [0.5, 0.6) is 5.75 Å². The van der Waals surface area contributed by atoms with Gasteiger partial charge in [-0.2, -0.15) is 0 Å². The SMILES string of the molecule is Cc1cc([C@H]2[C@H](c3ccccn3)NC(=S)N2CCC(=O)Nc2ccccc2F)c(C)n1-c1ccc(O)cc1. The van der Waals surface area contributed by atoms with Crippen molar-refractivity contribution in [1.29, 1.82) is 0 Å². The second-order valence-electron chi connectivity index (χ2n) is 9.28. The van der Waals surface area contributed by atoms with Crippen LogP contribution in [0.1, 0.15) is 41.1 Å². The van der Waals surface area contributed by atoms with Gasteiger partial charge in [0, 0.05) is 36.2 Å². The lowest BCUT2D eigenvalue weighted by molar-refractivity contribution is -0.116. The van der Waals surface area contributed by atoms with Crippen LogP contribution in [-0.2, 0) is 4.79 Å². The highest BCUT2D eigenvalue weighted by molar-refractivity contribution is 7.80. The van der Waals surface area contributed by atoms with Crippen molar-refractivity contribution >= 4 is 28.9 Å². The minimum Gasteiger partial charge on any atom is -0.508 e. The molecule has 7 nitrogen and oxygen atoms in total. The predicted molar refractivity (Wildman–Crippen MR) is 149 cm³/mol. The van der Waals surface area contributed by atoms with Crippen molar-refractivity contribution in [1.82, 2.24) is 19.8 Å². The fourth-order valence-corrected chi connectivity index (χ4v) is 5.40. The molecule has 38 heavy (non-hydrogen) atoms. The molecule has 4 aromatic rings. The number of halogens is 1. The number of carbonyl (C=O) groups is 1. The van der Waals surface area contributed by atoms with Crippen LogP contribution in [0.2, 0.25) is 0 Å². The second-order valence-corrected chi connectivity index (χ2v) is 9.66. The van der Waals surface area contributed by atoms with E-state index in [-0.39, 0.29) is 35.8 Å². The summed E-state index contributed by atoms with van der Waals surface area (Å²) in [6.45, 7) is 4.42. The maximum absolute atomic E-state index is 14.0. The summed E-state index contributed by atoms with van der Waals surface area (Å²) in [5.41, 5.74) is 5.02. The minimum absolute atomic E-state index is 0.123. The van der Waals surface area contributed by atoms with E-state index >= 15 is 0 Å². The molecule has 0 spiro atoms. The number of phenols is 1. The van der Waals surface area contributed by atoms with Crippen LogP contribution in [0.15, 0.2) is 79.0 Å².